The normalized spacial score (nSPS) is 10.3. The molecule has 0 fully saturated rings. The van der Waals surface area contributed by atoms with Crippen LogP contribution in [0.3, 0.4) is 0 Å². The maximum atomic E-state index is 13.0. The Bertz CT molecular complexity index is 1090. The van der Waals surface area contributed by atoms with Gasteiger partial charge in [0, 0.05) is 10.8 Å². The van der Waals surface area contributed by atoms with Crippen LogP contribution in [0.5, 0.6) is 0 Å². The second-order valence-electron chi connectivity index (χ2n) is 5.04. The number of fused-ring (bicyclic) bond motifs is 2. The number of hydrogen-bond acceptors (Lipinski definition) is 5. The lowest BCUT2D eigenvalue weighted by Gasteiger charge is -1.96. The molecule has 0 bridgehead atoms. The highest BCUT2D eigenvalue weighted by atomic mass is 32.1. The quantitative estimate of drug-likeness (QED) is 0.399. The Morgan fingerprint density at radius 2 is 1.52 bits per heavy atom. The van der Waals surface area contributed by atoms with Gasteiger partial charge in [0.05, 0.1) is 27.0 Å². The van der Waals surface area contributed by atoms with Gasteiger partial charge in [0.25, 0.3) is 0 Å². The number of hydrogen-bond donors (Lipinski definition) is 3. The number of aromatic amines is 2. The minimum absolute atomic E-state index is 0. The van der Waals surface area contributed by atoms with Crippen LogP contribution in [0.2, 0.25) is 0 Å². The van der Waals surface area contributed by atoms with E-state index in [0.29, 0.717) is 22.5 Å². The van der Waals surface area contributed by atoms with Crippen molar-refractivity contribution in [2.75, 3.05) is 6.61 Å². The van der Waals surface area contributed by atoms with E-state index < -0.39 is 17.8 Å². The van der Waals surface area contributed by atoms with Gasteiger partial charge in [-0.15, -0.1) is 22.7 Å². The number of carbonyl (C=O) groups excluding carboxylic acids is 1. The van der Waals surface area contributed by atoms with Crippen molar-refractivity contribution < 1.29 is 28.2 Å². The lowest BCUT2D eigenvalue weighted by atomic mass is 10.4. The summed E-state index contributed by atoms with van der Waals surface area (Å²) in [6.07, 6.45) is 0. The molecule has 0 aliphatic rings. The fraction of sp³-hybridized carbons (Fsp3) is 0.176. The molecule has 0 atom stereocenters. The van der Waals surface area contributed by atoms with Crippen LogP contribution in [-0.2, 0) is 4.74 Å². The number of carboxylic acids is 1. The number of aromatic nitrogens is 2. The van der Waals surface area contributed by atoms with Gasteiger partial charge in [-0.3, -0.25) is 0 Å². The number of carboxylic acid groups (broad SMARTS) is 1. The zero-order chi connectivity index (χ0) is 18.8. The second kappa shape index (κ2) is 8.31. The maximum Gasteiger partial charge on any atom is 0.354 e. The molecule has 3 N–H and O–H groups in total. The molecule has 27 heavy (non-hydrogen) atoms. The minimum Gasteiger partial charge on any atom is -0.477 e. The smallest absolute Gasteiger partial charge is 0.354 e. The minimum atomic E-state index is -1.07. The first-order chi connectivity index (χ1) is 12.4. The molecule has 4 aromatic rings. The van der Waals surface area contributed by atoms with Crippen LogP contribution in [-0.4, -0.2) is 33.6 Å². The third-order valence-electron chi connectivity index (χ3n) is 3.35. The maximum absolute atomic E-state index is 13.0. The van der Waals surface area contributed by atoms with Crippen molar-refractivity contribution >= 4 is 55.0 Å². The predicted octanol–water partition coefficient (Wildman–Crippen LogP) is 5.25. The Labute approximate surface area is 160 Å². The second-order valence-corrected chi connectivity index (χ2v) is 6.86. The van der Waals surface area contributed by atoms with E-state index in [1.807, 2.05) is 0 Å². The highest BCUT2D eigenvalue weighted by Gasteiger charge is 2.13. The van der Waals surface area contributed by atoms with Gasteiger partial charge in [0.1, 0.15) is 11.4 Å². The molecule has 0 unspecified atom stereocenters. The van der Waals surface area contributed by atoms with Gasteiger partial charge in [0.15, 0.2) is 11.6 Å². The number of thiophene rings is 2. The Morgan fingerprint density at radius 3 is 1.96 bits per heavy atom. The van der Waals surface area contributed by atoms with Crippen LogP contribution in [0.4, 0.5) is 8.78 Å². The van der Waals surface area contributed by atoms with Gasteiger partial charge >= 0.3 is 11.9 Å². The molecule has 0 amide bonds. The molecule has 0 aromatic carbocycles. The van der Waals surface area contributed by atoms with Crippen molar-refractivity contribution in [1.29, 1.82) is 0 Å². The Kier molecular flexibility index (Phi) is 6.34. The highest BCUT2D eigenvalue weighted by molar-refractivity contribution is 7.17. The molecule has 4 aromatic heterocycles. The van der Waals surface area contributed by atoms with E-state index in [0.717, 1.165) is 4.70 Å². The zero-order valence-electron chi connectivity index (χ0n) is 13.3. The molecule has 0 radical (unpaired) electrons. The molecule has 0 aliphatic heterocycles. The Balaban J connectivity index is 0.000000189. The van der Waals surface area contributed by atoms with E-state index in [1.165, 1.54) is 39.5 Å². The number of ether oxygens (including phenoxy) is 1. The van der Waals surface area contributed by atoms with Crippen LogP contribution in [0.15, 0.2) is 22.9 Å². The zero-order valence-corrected chi connectivity index (χ0v) is 14.9. The summed E-state index contributed by atoms with van der Waals surface area (Å²) in [5, 5.41) is 11.3. The van der Waals surface area contributed by atoms with E-state index in [1.54, 1.807) is 13.0 Å². The Morgan fingerprint density at radius 1 is 1.04 bits per heavy atom. The largest absolute Gasteiger partial charge is 0.477 e. The van der Waals surface area contributed by atoms with Crippen LogP contribution in [0.25, 0.3) is 20.4 Å². The average molecular weight is 414 g/mol. The topological polar surface area (TPSA) is 95.2 Å². The summed E-state index contributed by atoms with van der Waals surface area (Å²) in [4.78, 5) is 26.9. The molecule has 4 heterocycles. The first-order valence-electron chi connectivity index (χ1n) is 7.32. The van der Waals surface area contributed by atoms with Gasteiger partial charge in [-0.25, -0.2) is 18.4 Å². The van der Waals surface area contributed by atoms with Crippen molar-refractivity contribution in [3.63, 3.8) is 0 Å². The molecular formula is C17H16F2N2O4S2. The molecule has 4 rings (SSSR count). The fourth-order valence-electron chi connectivity index (χ4n) is 2.19. The van der Waals surface area contributed by atoms with E-state index in [-0.39, 0.29) is 24.5 Å². The summed E-state index contributed by atoms with van der Waals surface area (Å²) in [5.74, 6) is -2.25. The first-order valence-corrected chi connectivity index (χ1v) is 9.08. The van der Waals surface area contributed by atoms with Crippen LogP contribution >= 0.6 is 22.7 Å². The standard InChI is InChI=1S/C9H8FNO2S.C7H4FNO2S.CH4/c1-2-13-9(12)6-3-7-8(11-6)5(10)4-14-7;8-3-2-12-5-1-4(7(10)11)9-6(3)5;/h3-4,11H,2H2,1H3;1-2,9H,(H,10,11);1H4. The number of esters is 1. The van der Waals surface area contributed by atoms with Crippen LogP contribution < -0.4 is 0 Å². The van der Waals surface area contributed by atoms with Gasteiger partial charge in [-0.1, -0.05) is 7.43 Å². The van der Waals surface area contributed by atoms with Crippen molar-refractivity contribution in [3.05, 3.63) is 45.9 Å². The molecule has 0 spiro atoms. The summed E-state index contributed by atoms with van der Waals surface area (Å²) < 4.78 is 32.0. The van der Waals surface area contributed by atoms with Crippen molar-refractivity contribution in [2.45, 2.75) is 14.4 Å². The number of aromatic carboxylic acids is 1. The molecule has 0 aliphatic carbocycles. The number of rotatable bonds is 3. The molecule has 0 saturated heterocycles. The van der Waals surface area contributed by atoms with E-state index in [4.69, 9.17) is 9.84 Å². The number of nitrogens with one attached hydrogen (secondary N) is 2. The van der Waals surface area contributed by atoms with Crippen LogP contribution in [0, 0.1) is 11.6 Å². The summed E-state index contributed by atoms with van der Waals surface area (Å²) >= 11 is 2.44. The SMILES string of the molecule is C.CCOC(=O)c1cc2scc(F)c2[nH]1.O=C(O)c1cc2scc(F)c2[nH]1. The predicted molar refractivity (Wildman–Crippen MR) is 102 cm³/mol. The molecular weight excluding hydrogens is 398 g/mol. The number of carbonyl (C=O) groups is 2. The number of H-pyrrole nitrogens is 2. The van der Waals surface area contributed by atoms with Crippen LogP contribution in [0.1, 0.15) is 35.3 Å². The van der Waals surface area contributed by atoms with Gasteiger partial charge in [0.2, 0.25) is 0 Å². The van der Waals surface area contributed by atoms with E-state index in [9.17, 15) is 18.4 Å². The van der Waals surface area contributed by atoms with Gasteiger partial charge in [-0.05, 0) is 19.1 Å². The number of halogens is 2. The lowest BCUT2D eigenvalue weighted by Crippen LogP contribution is -2.04. The highest BCUT2D eigenvalue weighted by Crippen LogP contribution is 2.26. The molecule has 10 heteroatoms. The Hall–Kier alpha value is -2.72. The van der Waals surface area contributed by atoms with E-state index >= 15 is 0 Å². The fourth-order valence-corrected chi connectivity index (χ4v) is 3.80. The average Bonchev–Trinajstić information content (AvgIpc) is 3.33. The summed E-state index contributed by atoms with van der Waals surface area (Å²) in [6.45, 7) is 2.04. The summed E-state index contributed by atoms with van der Waals surface area (Å²) in [5.41, 5.74) is 0.971. The third kappa shape index (κ3) is 4.17. The van der Waals surface area contributed by atoms with Gasteiger partial charge < -0.3 is 19.8 Å². The summed E-state index contributed by atoms with van der Waals surface area (Å²) in [7, 11) is 0. The van der Waals surface area contributed by atoms with Crippen molar-refractivity contribution in [2.24, 2.45) is 0 Å². The monoisotopic (exact) mass is 414 g/mol. The molecule has 144 valence electrons. The molecule has 0 saturated carbocycles. The van der Waals surface area contributed by atoms with Crippen molar-refractivity contribution in [3.8, 4) is 0 Å². The lowest BCUT2D eigenvalue weighted by molar-refractivity contribution is 0.0520. The third-order valence-corrected chi connectivity index (χ3v) is 5.15. The first kappa shape index (κ1) is 20.6. The molecule has 6 nitrogen and oxygen atoms in total. The van der Waals surface area contributed by atoms with Gasteiger partial charge in [-0.2, -0.15) is 0 Å². The van der Waals surface area contributed by atoms with E-state index in [2.05, 4.69) is 9.97 Å². The summed E-state index contributed by atoms with van der Waals surface area (Å²) in [6, 6.07) is 3.02. The van der Waals surface area contributed by atoms with Crippen molar-refractivity contribution in [1.82, 2.24) is 9.97 Å².